The van der Waals surface area contributed by atoms with Crippen molar-refractivity contribution in [3.05, 3.63) is 77.1 Å². The summed E-state index contributed by atoms with van der Waals surface area (Å²) in [6, 6.07) is 11.5. The third-order valence-corrected chi connectivity index (χ3v) is 7.61. The zero-order chi connectivity index (χ0) is 31.4. The number of hydrogen-bond acceptors (Lipinski definition) is 13. The average Bonchev–Trinajstić information content (AvgIpc) is 3.27. The van der Waals surface area contributed by atoms with E-state index in [-0.39, 0.29) is 46.7 Å². The lowest BCUT2D eigenvalue weighted by molar-refractivity contribution is -0.142. The predicted molar refractivity (Wildman–Crippen MR) is 160 cm³/mol. The molecule has 4 aromatic rings. The van der Waals surface area contributed by atoms with Crippen molar-refractivity contribution in [1.29, 1.82) is 0 Å². The smallest absolute Gasteiger partial charge is 0.329 e. The van der Waals surface area contributed by atoms with Crippen LogP contribution in [-0.2, 0) is 20.9 Å². The second-order valence-corrected chi connectivity index (χ2v) is 10.4. The van der Waals surface area contributed by atoms with Crippen LogP contribution in [0, 0.1) is 0 Å². The zero-order valence-electron chi connectivity index (χ0n) is 23.2. The Morgan fingerprint density at radius 2 is 1.73 bits per heavy atom. The van der Waals surface area contributed by atoms with Crippen molar-refractivity contribution in [1.82, 2.24) is 30.2 Å². The van der Waals surface area contributed by atoms with Gasteiger partial charge in [0.05, 0.1) is 42.5 Å². The molecule has 224 valence electrons. The number of imide groups is 1. The number of methoxy groups -OCH3 is 1. The van der Waals surface area contributed by atoms with Crippen molar-refractivity contribution in [2.24, 2.45) is 0 Å². The summed E-state index contributed by atoms with van der Waals surface area (Å²) < 4.78 is 4.83. The molecule has 0 radical (unpaired) electrons. The molecule has 16 heteroatoms. The van der Waals surface area contributed by atoms with Gasteiger partial charge in [-0.05, 0) is 36.4 Å². The largest absolute Gasteiger partial charge is 0.467 e. The highest BCUT2D eigenvalue weighted by Gasteiger charge is 2.35. The van der Waals surface area contributed by atoms with Gasteiger partial charge in [0.15, 0.2) is 17.0 Å². The molecule has 1 unspecified atom stereocenters. The van der Waals surface area contributed by atoms with Crippen LogP contribution in [0.5, 0.6) is 0 Å². The number of ether oxygens (including phenoxy) is 1. The number of nitrogen functional groups attached to an aromatic ring is 2. The van der Waals surface area contributed by atoms with E-state index in [0.717, 1.165) is 16.7 Å². The summed E-state index contributed by atoms with van der Waals surface area (Å²) in [6.45, 7) is 0.0382. The highest BCUT2D eigenvalue weighted by atomic mass is 32.2. The molecule has 4 amide bonds. The Bertz CT molecular complexity index is 1750. The van der Waals surface area contributed by atoms with Crippen molar-refractivity contribution < 1.29 is 28.7 Å². The minimum Gasteiger partial charge on any atom is -0.467 e. The van der Waals surface area contributed by atoms with Gasteiger partial charge in [-0.25, -0.2) is 14.8 Å². The van der Waals surface area contributed by atoms with Crippen LogP contribution in [0.25, 0.3) is 11.2 Å². The fourth-order valence-corrected chi connectivity index (χ4v) is 5.38. The molecular formula is C28H25N9O6S. The van der Waals surface area contributed by atoms with Crippen LogP contribution in [0.1, 0.15) is 36.8 Å². The molecule has 5 N–H and O–H groups in total. The Kier molecular flexibility index (Phi) is 8.61. The Hall–Kier alpha value is -5.64. The maximum atomic E-state index is 13.0. The number of nitrogens with zero attached hydrogens (tertiary/aromatic N) is 6. The van der Waals surface area contributed by atoms with Crippen LogP contribution >= 0.6 is 11.8 Å². The van der Waals surface area contributed by atoms with Gasteiger partial charge in [0.2, 0.25) is 12.4 Å². The quantitative estimate of drug-likeness (QED) is 0.122. The number of nitrogens with one attached hydrogen (secondary N) is 1. The average molecular weight is 616 g/mol. The number of carbonyl (C=O) groups excluding carboxylic acids is 5. The van der Waals surface area contributed by atoms with Crippen LogP contribution in [0.3, 0.4) is 0 Å². The molecule has 2 aromatic heterocycles. The van der Waals surface area contributed by atoms with E-state index in [1.165, 1.54) is 30.3 Å². The van der Waals surface area contributed by atoms with E-state index in [2.05, 4.69) is 25.3 Å². The van der Waals surface area contributed by atoms with Gasteiger partial charge >= 0.3 is 5.97 Å². The lowest BCUT2D eigenvalue weighted by atomic mass is 10.1. The number of benzene rings is 2. The van der Waals surface area contributed by atoms with Crippen LogP contribution in [-0.4, -0.2) is 79.7 Å². The molecule has 1 aliphatic rings. The molecule has 5 rings (SSSR count). The number of thioether (sulfide) groups is 1. The van der Waals surface area contributed by atoms with Crippen LogP contribution in [0.15, 0.2) is 54.7 Å². The summed E-state index contributed by atoms with van der Waals surface area (Å²) in [7, 11) is 1.19. The summed E-state index contributed by atoms with van der Waals surface area (Å²) >= 11 is 1.12. The normalized spacial score (nSPS) is 13.0. The monoisotopic (exact) mass is 615 g/mol. The number of hydrogen-bond donors (Lipinski definition) is 3. The summed E-state index contributed by atoms with van der Waals surface area (Å²) in [4.78, 5) is 81.3. The molecule has 15 nitrogen and oxygen atoms in total. The van der Waals surface area contributed by atoms with Gasteiger partial charge in [-0.3, -0.25) is 24.1 Å². The second-order valence-electron chi connectivity index (χ2n) is 9.41. The summed E-state index contributed by atoms with van der Waals surface area (Å²) in [5.74, 6) is -2.05. The van der Waals surface area contributed by atoms with Crippen molar-refractivity contribution in [3.8, 4) is 0 Å². The van der Waals surface area contributed by atoms with Crippen LogP contribution in [0.2, 0.25) is 0 Å². The first-order valence-electron chi connectivity index (χ1n) is 13.0. The lowest BCUT2D eigenvalue weighted by Gasteiger charge is -2.19. The number of aromatic nitrogens is 4. The van der Waals surface area contributed by atoms with Crippen LogP contribution < -0.4 is 21.7 Å². The van der Waals surface area contributed by atoms with Gasteiger partial charge in [0.25, 0.3) is 17.7 Å². The lowest BCUT2D eigenvalue weighted by Crippen LogP contribution is -2.43. The second kappa shape index (κ2) is 12.7. The molecule has 0 aliphatic carbocycles. The van der Waals surface area contributed by atoms with E-state index in [1.807, 2.05) is 0 Å². The Labute approximate surface area is 254 Å². The van der Waals surface area contributed by atoms with Crippen molar-refractivity contribution in [2.45, 2.75) is 12.6 Å². The predicted octanol–water partition coefficient (Wildman–Crippen LogP) is 1.01. The molecular weight excluding hydrogens is 590 g/mol. The number of rotatable bonds is 11. The first-order valence-corrected chi connectivity index (χ1v) is 14.1. The highest BCUT2D eigenvalue weighted by molar-refractivity contribution is 7.99. The third kappa shape index (κ3) is 6.10. The Balaban J connectivity index is 1.21. The first-order chi connectivity index (χ1) is 21.2. The molecule has 0 saturated carbocycles. The minimum absolute atomic E-state index is 0.0127. The van der Waals surface area contributed by atoms with Crippen molar-refractivity contribution in [3.63, 3.8) is 0 Å². The molecule has 44 heavy (non-hydrogen) atoms. The van der Waals surface area contributed by atoms with E-state index in [1.54, 1.807) is 36.4 Å². The molecule has 0 saturated heterocycles. The number of carbonyl (C=O) groups is 5. The molecule has 1 atom stereocenters. The zero-order valence-corrected chi connectivity index (χ0v) is 24.0. The van der Waals surface area contributed by atoms with Gasteiger partial charge in [-0.2, -0.15) is 9.97 Å². The molecule has 1 aliphatic heterocycles. The molecule has 2 aromatic carbocycles. The summed E-state index contributed by atoms with van der Waals surface area (Å²) in [5, 5.41) is 2.62. The van der Waals surface area contributed by atoms with Gasteiger partial charge in [-0.1, -0.05) is 12.1 Å². The highest BCUT2D eigenvalue weighted by Crippen LogP contribution is 2.25. The maximum absolute atomic E-state index is 13.0. The maximum Gasteiger partial charge on any atom is 0.329 e. The Morgan fingerprint density at radius 3 is 2.36 bits per heavy atom. The molecule has 0 bridgehead atoms. The topological polar surface area (TPSA) is 217 Å². The number of nitrogens with two attached hydrogens (primary N) is 2. The SMILES string of the molecule is COC(=O)C(CSCN1C(=O)c2ccccc2C1=O)NC(=O)c1ccc(N(C=O)Cc2cnc3nc(N)nc(N)c3n2)cc1. The van der Waals surface area contributed by atoms with E-state index < -0.39 is 29.7 Å². The summed E-state index contributed by atoms with van der Waals surface area (Å²) in [5.41, 5.74) is 13.7. The molecule has 0 fully saturated rings. The fraction of sp³-hybridized carbons (Fsp3) is 0.179. The van der Waals surface area contributed by atoms with E-state index in [4.69, 9.17) is 16.2 Å². The van der Waals surface area contributed by atoms with Gasteiger partial charge in [0, 0.05) is 17.0 Å². The third-order valence-electron chi connectivity index (χ3n) is 6.60. The van der Waals surface area contributed by atoms with Gasteiger partial charge < -0.3 is 26.4 Å². The van der Waals surface area contributed by atoms with Crippen LogP contribution in [0.4, 0.5) is 17.5 Å². The van der Waals surface area contributed by atoms with Gasteiger partial charge in [0.1, 0.15) is 6.04 Å². The minimum atomic E-state index is -1.06. The number of fused-ring (bicyclic) bond motifs is 2. The van der Waals surface area contributed by atoms with Crippen molar-refractivity contribution in [2.75, 3.05) is 35.1 Å². The standard InChI is InChI=1S/C28H25N9O6S/c1-43-27(42)20(12-44-14-37-25(40)18-4-2-3-5-19(18)26(37)41)33-24(39)15-6-8-17(9-7-15)36(13-38)11-16-10-31-23-21(32-16)22(29)34-28(30)35-23/h2-10,13,20H,11-12,14H2,1H3,(H,33,39)(H4,29,30,31,34,35). The fourth-order valence-electron chi connectivity index (χ4n) is 4.40. The van der Waals surface area contributed by atoms with E-state index in [0.29, 0.717) is 28.9 Å². The van der Waals surface area contributed by atoms with Crippen molar-refractivity contribution >= 4 is 70.5 Å². The van der Waals surface area contributed by atoms with E-state index in [9.17, 15) is 24.0 Å². The number of esters is 1. The molecule has 3 heterocycles. The Morgan fingerprint density at radius 1 is 1.05 bits per heavy atom. The molecule has 0 spiro atoms. The number of anilines is 3. The first kappa shape index (κ1) is 29.8. The number of amides is 4. The van der Waals surface area contributed by atoms with Gasteiger partial charge in [-0.15, -0.1) is 11.8 Å². The van der Waals surface area contributed by atoms with E-state index >= 15 is 0 Å². The summed E-state index contributed by atoms with van der Waals surface area (Å²) in [6.07, 6.45) is 2.04.